The van der Waals surface area contributed by atoms with Crippen molar-refractivity contribution in [1.82, 2.24) is 0 Å². The van der Waals surface area contributed by atoms with Gasteiger partial charge in [-0.15, -0.1) is 0 Å². The molecule has 140 valence electrons. The number of aryl methyl sites for hydroxylation is 1. The van der Waals surface area contributed by atoms with E-state index in [-0.39, 0.29) is 29.9 Å². The highest BCUT2D eigenvalue weighted by Gasteiger charge is 2.62. The average Bonchev–Trinajstić information content (AvgIpc) is 2.84. The van der Waals surface area contributed by atoms with Crippen LogP contribution in [0.15, 0.2) is 18.2 Å². The van der Waals surface area contributed by atoms with Crippen LogP contribution in [-0.4, -0.2) is 22.8 Å². The van der Waals surface area contributed by atoms with E-state index < -0.39 is 29.1 Å². The number of Topliss-reactive ketones (excluding diaryl/α,β-unsaturated/α-hetero) is 2. The summed E-state index contributed by atoms with van der Waals surface area (Å²) in [7, 11) is 0. The van der Waals surface area contributed by atoms with Crippen LogP contribution in [0.1, 0.15) is 49.7 Å². The van der Waals surface area contributed by atoms with Crippen molar-refractivity contribution in [2.24, 2.45) is 23.2 Å². The maximum absolute atomic E-state index is 12.9. The van der Waals surface area contributed by atoms with Crippen LogP contribution in [0.3, 0.4) is 0 Å². The van der Waals surface area contributed by atoms with Gasteiger partial charge in [0.15, 0.2) is 0 Å². The molecule has 6 heteroatoms. The Bertz CT molecular complexity index is 785. The third-order valence-electron chi connectivity index (χ3n) is 7.06. The third-order valence-corrected chi connectivity index (χ3v) is 7.06. The lowest BCUT2D eigenvalue weighted by Crippen LogP contribution is -2.43. The Morgan fingerprint density at radius 1 is 1.27 bits per heavy atom. The van der Waals surface area contributed by atoms with Crippen LogP contribution in [0, 0.1) is 23.2 Å². The predicted octanol–water partition coefficient (Wildman–Crippen LogP) is 4.17. The number of carbonyl (C=O) groups excluding carboxylic acids is 2. The first-order chi connectivity index (χ1) is 12.1. The summed E-state index contributed by atoms with van der Waals surface area (Å²) in [6.45, 7) is 1.76. The summed E-state index contributed by atoms with van der Waals surface area (Å²) in [5.74, 6) is -3.60. The lowest BCUT2D eigenvalue weighted by atomic mass is 9.55. The number of aromatic hydroxyl groups is 1. The highest BCUT2D eigenvalue weighted by atomic mass is 19.4. The Morgan fingerprint density at radius 3 is 2.69 bits per heavy atom. The van der Waals surface area contributed by atoms with E-state index in [9.17, 15) is 27.9 Å². The van der Waals surface area contributed by atoms with E-state index in [1.807, 2.05) is 6.07 Å². The predicted molar refractivity (Wildman–Crippen MR) is 87.7 cm³/mol. The largest absolute Gasteiger partial charge is 0.508 e. The fourth-order valence-electron chi connectivity index (χ4n) is 5.81. The van der Waals surface area contributed by atoms with Gasteiger partial charge in [-0.2, -0.15) is 13.2 Å². The van der Waals surface area contributed by atoms with Crippen molar-refractivity contribution in [3.63, 3.8) is 0 Å². The van der Waals surface area contributed by atoms with E-state index in [1.165, 1.54) is 0 Å². The number of hydrogen-bond acceptors (Lipinski definition) is 3. The number of phenols is 1. The zero-order valence-electron chi connectivity index (χ0n) is 14.5. The second kappa shape index (κ2) is 5.57. The van der Waals surface area contributed by atoms with Crippen molar-refractivity contribution in [3.8, 4) is 5.75 Å². The Labute approximate surface area is 149 Å². The minimum atomic E-state index is -4.96. The molecule has 0 saturated heterocycles. The molecule has 0 bridgehead atoms. The second-order valence-corrected chi connectivity index (χ2v) is 8.27. The smallest absolute Gasteiger partial charge is 0.450 e. The summed E-state index contributed by atoms with van der Waals surface area (Å²) in [5.41, 5.74) is 1.39. The third kappa shape index (κ3) is 2.41. The first kappa shape index (κ1) is 17.6. The highest BCUT2D eigenvalue weighted by Crippen LogP contribution is 2.61. The maximum Gasteiger partial charge on any atom is 0.450 e. The summed E-state index contributed by atoms with van der Waals surface area (Å²) in [6, 6.07) is 5.30. The lowest BCUT2D eigenvalue weighted by Gasteiger charge is -2.48. The molecule has 0 radical (unpaired) electrons. The molecule has 0 aromatic heterocycles. The molecule has 3 aliphatic rings. The fraction of sp³-hybridized carbons (Fsp3) is 0.600. The van der Waals surface area contributed by atoms with Gasteiger partial charge in [-0.05, 0) is 73.1 Å². The normalized spacial score (nSPS) is 36.2. The standard InChI is InChI=1S/C20H21F3O3/c1-19-7-6-13-12-5-3-11(24)8-10(12)2-4-14(13)16(19)9-15(17(19)25)18(26)20(21,22)23/h3,5,8,13-16,24H,2,4,6-7,9H2,1H3/t13-,14-,15?,16+,19+/m1/s1. The Balaban J connectivity index is 1.67. The Hall–Kier alpha value is -1.85. The number of halogens is 3. The number of alkyl halides is 3. The van der Waals surface area contributed by atoms with Gasteiger partial charge < -0.3 is 5.11 Å². The molecule has 0 spiro atoms. The van der Waals surface area contributed by atoms with Crippen LogP contribution in [0.25, 0.3) is 0 Å². The summed E-state index contributed by atoms with van der Waals surface area (Å²) >= 11 is 0. The van der Waals surface area contributed by atoms with Gasteiger partial charge in [0, 0.05) is 5.41 Å². The quantitative estimate of drug-likeness (QED) is 0.759. The van der Waals surface area contributed by atoms with Crippen LogP contribution in [0.4, 0.5) is 13.2 Å². The molecule has 1 N–H and O–H groups in total. The van der Waals surface area contributed by atoms with Gasteiger partial charge >= 0.3 is 6.18 Å². The van der Waals surface area contributed by atoms with Gasteiger partial charge in [0.25, 0.3) is 0 Å². The van der Waals surface area contributed by atoms with E-state index in [2.05, 4.69) is 0 Å². The van der Waals surface area contributed by atoms with Gasteiger partial charge in [0.2, 0.25) is 5.78 Å². The maximum atomic E-state index is 12.9. The topological polar surface area (TPSA) is 54.4 Å². The minimum Gasteiger partial charge on any atom is -0.508 e. The number of benzene rings is 1. The number of fused-ring (bicyclic) bond motifs is 5. The fourth-order valence-corrected chi connectivity index (χ4v) is 5.81. The van der Waals surface area contributed by atoms with E-state index >= 15 is 0 Å². The zero-order chi connectivity index (χ0) is 18.9. The summed E-state index contributed by atoms with van der Waals surface area (Å²) in [4.78, 5) is 24.5. The van der Waals surface area contributed by atoms with Gasteiger partial charge in [-0.1, -0.05) is 13.0 Å². The van der Waals surface area contributed by atoms with Gasteiger partial charge in [-0.3, -0.25) is 9.59 Å². The summed E-state index contributed by atoms with van der Waals surface area (Å²) in [6.07, 6.45) is -2.18. The van der Waals surface area contributed by atoms with E-state index in [1.54, 1.807) is 19.1 Å². The monoisotopic (exact) mass is 366 g/mol. The molecule has 0 aliphatic heterocycles. The molecular formula is C20H21F3O3. The molecule has 1 aromatic carbocycles. The molecule has 0 amide bonds. The van der Waals surface area contributed by atoms with E-state index in [0.717, 1.165) is 30.4 Å². The van der Waals surface area contributed by atoms with Gasteiger partial charge in [-0.25, -0.2) is 0 Å². The molecule has 0 heterocycles. The molecule has 2 fully saturated rings. The van der Waals surface area contributed by atoms with Crippen molar-refractivity contribution >= 4 is 11.6 Å². The molecule has 1 unspecified atom stereocenters. The van der Waals surface area contributed by atoms with Crippen molar-refractivity contribution < 1.29 is 27.9 Å². The summed E-state index contributed by atoms with van der Waals surface area (Å²) in [5, 5.41) is 9.69. The second-order valence-electron chi connectivity index (χ2n) is 8.27. The number of rotatable bonds is 1. The van der Waals surface area contributed by atoms with Crippen molar-refractivity contribution in [1.29, 1.82) is 0 Å². The van der Waals surface area contributed by atoms with Crippen LogP contribution in [-0.2, 0) is 16.0 Å². The number of phenolic OH excluding ortho intramolecular Hbond substituents is 1. The SMILES string of the molecule is C[C@]12CC[C@@H]3c4ccc(O)cc4CC[C@H]3[C@@H]1CC(C(=O)C(F)(F)F)C2=O. The van der Waals surface area contributed by atoms with E-state index in [4.69, 9.17) is 0 Å². The molecule has 1 aromatic rings. The number of hydrogen-bond donors (Lipinski definition) is 1. The van der Waals surface area contributed by atoms with E-state index in [0.29, 0.717) is 6.42 Å². The Kier molecular flexibility index (Phi) is 3.76. The first-order valence-electron chi connectivity index (χ1n) is 9.10. The van der Waals surface area contributed by atoms with Crippen LogP contribution < -0.4 is 0 Å². The molecule has 5 atom stereocenters. The van der Waals surface area contributed by atoms with Crippen molar-refractivity contribution in [2.75, 3.05) is 0 Å². The van der Waals surface area contributed by atoms with Gasteiger partial charge in [0.05, 0.1) is 5.92 Å². The molecule has 2 saturated carbocycles. The molecular weight excluding hydrogens is 345 g/mol. The average molecular weight is 366 g/mol. The van der Waals surface area contributed by atoms with Gasteiger partial charge in [0.1, 0.15) is 11.5 Å². The molecule has 26 heavy (non-hydrogen) atoms. The molecule has 4 rings (SSSR count). The number of ketones is 2. The highest BCUT2D eigenvalue weighted by molar-refractivity contribution is 6.08. The Morgan fingerprint density at radius 2 is 2.00 bits per heavy atom. The van der Waals surface area contributed by atoms with Crippen LogP contribution in [0.2, 0.25) is 0 Å². The zero-order valence-corrected chi connectivity index (χ0v) is 14.5. The van der Waals surface area contributed by atoms with Crippen molar-refractivity contribution in [3.05, 3.63) is 29.3 Å². The lowest BCUT2D eigenvalue weighted by molar-refractivity contribution is -0.176. The molecule has 3 aliphatic carbocycles. The molecule has 3 nitrogen and oxygen atoms in total. The van der Waals surface area contributed by atoms with Crippen molar-refractivity contribution in [2.45, 2.75) is 51.1 Å². The van der Waals surface area contributed by atoms with Crippen LogP contribution >= 0.6 is 0 Å². The minimum absolute atomic E-state index is 0.0161. The van der Waals surface area contributed by atoms with Crippen LogP contribution in [0.5, 0.6) is 5.75 Å². The summed E-state index contributed by atoms with van der Waals surface area (Å²) < 4.78 is 38.8. The first-order valence-corrected chi connectivity index (χ1v) is 9.10. The number of carbonyl (C=O) groups is 2.